The van der Waals surface area contributed by atoms with Crippen LogP contribution in [0.2, 0.25) is 0 Å². The second-order valence-electron chi connectivity index (χ2n) is 8.14. The highest BCUT2D eigenvalue weighted by Gasteiger charge is 2.22. The molecule has 5 N–H and O–H groups in total. The normalized spacial score (nSPS) is 11.6. The number of hydrogen-bond donors (Lipinski definition) is 4. The topological polar surface area (TPSA) is 151 Å². The zero-order valence-corrected chi connectivity index (χ0v) is 20.3. The lowest BCUT2D eigenvalue weighted by Crippen LogP contribution is -2.48. The van der Waals surface area contributed by atoms with E-state index in [0.29, 0.717) is 37.5 Å². The molecule has 0 saturated carbocycles. The van der Waals surface area contributed by atoms with Crippen LogP contribution in [0.3, 0.4) is 0 Å². The first kappa shape index (κ1) is 28.9. The maximum absolute atomic E-state index is 12.5. The van der Waals surface area contributed by atoms with Crippen LogP contribution < -0.4 is 21.1 Å². The van der Waals surface area contributed by atoms with Gasteiger partial charge in [-0.3, -0.25) is 14.4 Å². The Labute approximate surface area is 201 Å². The zero-order chi connectivity index (χ0) is 25.5. The summed E-state index contributed by atoms with van der Waals surface area (Å²) in [5.41, 5.74) is 6.60. The molecule has 0 bridgehead atoms. The van der Waals surface area contributed by atoms with Crippen LogP contribution in [-0.4, -0.2) is 66.6 Å². The van der Waals surface area contributed by atoms with Gasteiger partial charge in [0, 0.05) is 20.1 Å². The molecule has 0 aromatic heterocycles. The Balaban J connectivity index is 2.58. The van der Waals surface area contributed by atoms with Crippen molar-refractivity contribution < 1.29 is 29.0 Å². The number of nitrogens with two attached hydrogens (primary N) is 1. The molecule has 0 heterocycles. The number of rotatable bonds is 15. The lowest BCUT2D eigenvalue weighted by Gasteiger charge is -2.20. The minimum atomic E-state index is -1.27. The SMILES string of the molecule is CCC(CC)c1cccc(OC(=O)N(C)CCNC(=O)C(CCCCN)NC(=O)CC(=O)O)c1. The van der Waals surface area contributed by atoms with Crippen LogP contribution >= 0.6 is 0 Å². The fourth-order valence-corrected chi connectivity index (χ4v) is 3.48. The molecule has 0 aliphatic rings. The maximum atomic E-state index is 12.5. The summed E-state index contributed by atoms with van der Waals surface area (Å²) < 4.78 is 5.47. The standard InChI is InChI=1S/C24H38N4O6/c1-4-17(5-2)18-9-8-10-19(15-18)34-24(33)28(3)14-13-26-23(32)20(11-6-7-12-25)27-21(29)16-22(30)31/h8-10,15,17,20H,4-7,11-14,16,25H2,1-3H3,(H,26,32)(H,27,29)(H,30,31). The van der Waals surface area contributed by atoms with E-state index >= 15 is 0 Å². The lowest BCUT2D eigenvalue weighted by molar-refractivity contribution is -0.141. The Morgan fingerprint density at radius 3 is 2.47 bits per heavy atom. The number of likely N-dealkylation sites (N-methyl/N-ethyl adjacent to an activating group) is 1. The minimum Gasteiger partial charge on any atom is -0.481 e. The first-order chi connectivity index (χ1) is 16.2. The number of amides is 3. The number of carboxylic acid groups (broad SMARTS) is 1. The van der Waals surface area contributed by atoms with Gasteiger partial charge in [-0.15, -0.1) is 0 Å². The van der Waals surface area contributed by atoms with Gasteiger partial charge in [-0.05, 0) is 62.3 Å². The highest BCUT2D eigenvalue weighted by molar-refractivity contribution is 5.96. The predicted molar refractivity (Wildman–Crippen MR) is 129 cm³/mol. The van der Waals surface area contributed by atoms with Crippen molar-refractivity contribution in [2.45, 2.75) is 64.3 Å². The summed E-state index contributed by atoms with van der Waals surface area (Å²) in [4.78, 5) is 48.8. The largest absolute Gasteiger partial charge is 0.481 e. The van der Waals surface area contributed by atoms with Gasteiger partial charge in [0.25, 0.3) is 0 Å². The van der Waals surface area contributed by atoms with Gasteiger partial charge in [0.2, 0.25) is 11.8 Å². The van der Waals surface area contributed by atoms with Crippen molar-refractivity contribution in [2.75, 3.05) is 26.7 Å². The Morgan fingerprint density at radius 2 is 1.85 bits per heavy atom. The van der Waals surface area contributed by atoms with Crippen LogP contribution in [0.15, 0.2) is 24.3 Å². The van der Waals surface area contributed by atoms with Crippen LogP contribution in [0.4, 0.5) is 4.79 Å². The number of nitrogens with zero attached hydrogens (tertiary/aromatic N) is 1. The Bertz CT molecular complexity index is 812. The Morgan fingerprint density at radius 1 is 1.15 bits per heavy atom. The fourth-order valence-electron chi connectivity index (χ4n) is 3.48. The molecule has 1 aromatic carbocycles. The van der Waals surface area contributed by atoms with Gasteiger partial charge in [0.1, 0.15) is 18.2 Å². The first-order valence-corrected chi connectivity index (χ1v) is 11.7. The molecule has 0 spiro atoms. The number of carbonyl (C=O) groups is 4. The minimum absolute atomic E-state index is 0.139. The quantitative estimate of drug-likeness (QED) is 0.223. The number of nitrogens with one attached hydrogen (secondary N) is 2. The fraction of sp³-hybridized carbons (Fsp3) is 0.583. The molecule has 190 valence electrons. The number of aliphatic carboxylic acids is 1. The van der Waals surface area contributed by atoms with Gasteiger partial charge in [-0.25, -0.2) is 4.79 Å². The number of ether oxygens (including phenoxy) is 1. The third-order valence-corrected chi connectivity index (χ3v) is 5.49. The van der Waals surface area contributed by atoms with Gasteiger partial charge in [0.15, 0.2) is 0 Å². The summed E-state index contributed by atoms with van der Waals surface area (Å²) >= 11 is 0. The smallest absolute Gasteiger partial charge is 0.415 e. The van der Waals surface area contributed by atoms with Crippen molar-refractivity contribution in [3.63, 3.8) is 0 Å². The molecule has 0 saturated heterocycles. The number of unbranched alkanes of at least 4 members (excludes halogenated alkanes) is 1. The lowest BCUT2D eigenvalue weighted by atomic mass is 9.94. The molecular formula is C24H38N4O6. The van der Waals surface area contributed by atoms with Crippen molar-refractivity contribution in [1.29, 1.82) is 0 Å². The van der Waals surface area contributed by atoms with Crippen molar-refractivity contribution in [2.24, 2.45) is 5.73 Å². The van der Waals surface area contributed by atoms with Crippen molar-refractivity contribution in [1.82, 2.24) is 15.5 Å². The Kier molecular flexibility index (Phi) is 13.3. The molecule has 1 unspecified atom stereocenters. The second-order valence-corrected chi connectivity index (χ2v) is 8.14. The summed E-state index contributed by atoms with van der Waals surface area (Å²) in [7, 11) is 1.56. The molecule has 10 nitrogen and oxygen atoms in total. The summed E-state index contributed by atoms with van der Waals surface area (Å²) in [5.74, 6) is -1.59. The average molecular weight is 479 g/mol. The van der Waals surface area contributed by atoms with E-state index in [1.807, 2.05) is 18.2 Å². The summed E-state index contributed by atoms with van der Waals surface area (Å²) in [6.07, 6.45) is 2.34. The highest BCUT2D eigenvalue weighted by Crippen LogP contribution is 2.26. The number of carbonyl (C=O) groups excluding carboxylic acids is 3. The van der Waals surface area contributed by atoms with E-state index in [9.17, 15) is 19.2 Å². The third kappa shape index (κ3) is 10.7. The van der Waals surface area contributed by atoms with E-state index in [4.69, 9.17) is 15.6 Å². The molecule has 1 atom stereocenters. The maximum Gasteiger partial charge on any atom is 0.415 e. The molecule has 0 fully saturated rings. The van der Waals surface area contributed by atoms with E-state index in [-0.39, 0.29) is 13.1 Å². The molecule has 1 aromatic rings. The monoisotopic (exact) mass is 478 g/mol. The van der Waals surface area contributed by atoms with Crippen LogP contribution in [-0.2, 0) is 14.4 Å². The van der Waals surface area contributed by atoms with Gasteiger partial charge in [0.05, 0.1) is 0 Å². The average Bonchev–Trinajstić information content (AvgIpc) is 2.79. The molecule has 0 aliphatic carbocycles. The van der Waals surface area contributed by atoms with Crippen LogP contribution in [0.1, 0.15) is 63.9 Å². The Hall–Kier alpha value is -3.14. The molecule has 10 heteroatoms. The van der Waals surface area contributed by atoms with Crippen LogP contribution in [0.5, 0.6) is 5.75 Å². The molecule has 1 rings (SSSR count). The van der Waals surface area contributed by atoms with E-state index in [1.165, 1.54) is 4.90 Å². The van der Waals surface area contributed by atoms with E-state index < -0.39 is 36.3 Å². The molecule has 0 radical (unpaired) electrons. The van der Waals surface area contributed by atoms with Gasteiger partial charge < -0.3 is 31.1 Å². The van der Waals surface area contributed by atoms with E-state index in [1.54, 1.807) is 13.1 Å². The number of hydrogen-bond acceptors (Lipinski definition) is 6. The summed E-state index contributed by atoms with van der Waals surface area (Å²) in [6, 6.07) is 6.61. The van der Waals surface area contributed by atoms with Crippen LogP contribution in [0, 0.1) is 0 Å². The van der Waals surface area contributed by atoms with E-state index in [2.05, 4.69) is 24.5 Å². The number of benzene rings is 1. The van der Waals surface area contributed by atoms with Crippen molar-refractivity contribution >= 4 is 23.9 Å². The molecule has 0 aliphatic heterocycles. The van der Waals surface area contributed by atoms with Crippen LogP contribution in [0.25, 0.3) is 0 Å². The zero-order valence-electron chi connectivity index (χ0n) is 20.3. The third-order valence-electron chi connectivity index (χ3n) is 5.49. The molecule has 34 heavy (non-hydrogen) atoms. The summed E-state index contributed by atoms with van der Waals surface area (Å²) in [5, 5.41) is 13.9. The first-order valence-electron chi connectivity index (χ1n) is 11.7. The second kappa shape index (κ2) is 15.7. The molecular weight excluding hydrogens is 440 g/mol. The van der Waals surface area contributed by atoms with Gasteiger partial charge in [-0.2, -0.15) is 0 Å². The highest BCUT2D eigenvalue weighted by atomic mass is 16.6. The number of carboxylic acids is 1. The van der Waals surface area contributed by atoms with Crippen molar-refractivity contribution in [3.8, 4) is 5.75 Å². The van der Waals surface area contributed by atoms with Crippen molar-refractivity contribution in [3.05, 3.63) is 29.8 Å². The van der Waals surface area contributed by atoms with Gasteiger partial charge in [-0.1, -0.05) is 26.0 Å². The summed E-state index contributed by atoms with van der Waals surface area (Å²) in [6.45, 7) is 5.02. The predicted octanol–water partition coefficient (Wildman–Crippen LogP) is 2.23. The molecule has 3 amide bonds. The van der Waals surface area contributed by atoms with Gasteiger partial charge >= 0.3 is 12.1 Å². The van der Waals surface area contributed by atoms with E-state index in [0.717, 1.165) is 18.4 Å².